The molecule has 1 aliphatic rings. The third-order valence-corrected chi connectivity index (χ3v) is 8.38. The van der Waals surface area contributed by atoms with Crippen LogP contribution in [0.2, 0.25) is 10.0 Å². The Morgan fingerprint density at radius 1 is 0.758 bits per heavy atom. The van der Waals surface area contributed by atoms with E-state index in [4.69, 9.17) is 23.2 Å². The Morgan fingerprint density at radius 3 is 2.24 bits per heavy atom. The summed E-state index contributed by atoms with van der Waals surface area (Å²) >= 11 is 12.1. The van der Waals surface area contributed by atoms with E-state index in [1.807, 2.05) is 35.2 Å². The molecule has 0 aliphatic carbocycles. The van der Waals surface area contributed by atoms with Gasteiger partial charge in [0.25, 0.3) is 0 Å². The molecule has 9 heteroatoms. The zero-order valence-corrected chi connectivity index (χ0v) is 19.9. The third-order valence-electron chi connectivity index (χ3n) is 5.77. The second kappa shape index (κ2) is 8.91. The highest BCUT2D eigenvalue weighted by Crippen LogP contribution is 2.29. The number of hydrogen-bond acceptors (Lipinski definition) is 5. The van der Waals surface area contributed by atoms with Gasteiger partial charge in [-0.1, -0.05) is 59.6 Å². The highest BCUT2D eigenvalue weighted by Gasteiger charge is 2.30. The molecule has 0 N–H and O–H groups in total. The van der Waals surface area contributed by atoms with E-state index in [0.717, 1.165) is 22.5 Å². The fraction of sp³-hybridized carbons (Fsp3) is 0.167. The number of nitrogens with zero attached hydrogens (tertiary/aromatic N) is 4. The number of aromatic nitrogens is 2. The molecule has 2 heterocycles. The van der Waals surface area contributed by atoms with Gasteiger partial charge in [-0.2, -0.15) is 4.31 Å². The van der Waals surface area contributed by atoms with Crippen LogP contribution in [0.3, 0.4) is 0 Å². The highest BCUT2D eigenvalue weighted by atomic mass is 35.5. The number of hydrogen-bond donors (Lipinski definition) is 0. The van der Waals surface area contributed by atoms with E-state index in [1.165, 1.54) is 21.8 Å². The first-order chi connectivity index (χ1) is 15.9. The number of piperazine rings is 1. The summed E-state index contributed by atoms with van der Waals surface area (Å²) in [5.74, 6) is 0.720. The van der Waals surface area contributed by atoms with E-state index < -0.39 is 10.0 Å². The molecule has 6 nitrogen and oxygen atoms in total. The Morgan fingerprint density at radius 2 is 1.52 bits per heavy atom. The smallest absolute Gasteiger partial charge is 0.244 e. The molecule has 1 saturated heterocycles. The molecule has 0 spiro atoms. The lowest BCUT2D eigenvalue weighted by molar-refractivity contribution is 0.383. The fourth-order valence-electron chi connectivity index (χ4n) is 3.97. The number of anilines is 1. The molecular weight excluding hydrogens is 479 g/mol. The lowest BCUT2D eigenvalue weighted by Crippen LogP contribution is -2.49. The monoisotopic (exact) mass is 498 g/mol. The second-order valence-electron chi connectivity index (χ2n) is 7.80. The van der Waals surface area contributed by atoms with Crippen LogP contribution in [-0.4, -0.2) is 49.1 Å². The summed E-state index contributed by atoms with van der Waals surface area (Å²) in [5, 5.41) is 11.6. The number of fused-ring (bicyclic) bond motifs is 1. The van der Waals surface area contributed by atoms with Crippen LogP contribution in [0, 0.1) is 0 Å². The Hall–Kier alpha value is -2.71. The third kappa shape index (κ3) is 4.42. The molecule has 168 valence electrons. The van der Waals surface area contributed by atoms with Crippen molar-refractivity contribution in [2.24, 2.45) is 0 Å². The standard InChI is InChI=1S/C24H20Cl2N4O2S/c25-20-7-8-21(26)23(16-20)33(31,32)30-13-11-29(12-14-30)24-10-9-22(27-28-24)19-6-5-17-3-1-2-4-18(17)15-19/h1-10,15-16H,11-14H2. The number of halogens is 2. The molecule has 0 saturated carbocycles. The maximum atomic E-state index is 13.0. The van der Waals surface area contributed by atoms with E-state index in [0.29, 0.717) is 31.2 Å². The Balaban J connectivity index is 1.29. The van der Waals surface area contributed by atoms with Gasteiger partial charge >= 0.3 is 0 Å². The lowest BCUT2D eigenvalue weighted by Gasteiger charge is -2.34. The maximum absolute atomic E-state index is 13.0. The predicted octanol–water partition coefficient (Wildman–Crippen LogP) is 5.11. The molecular formula is C24H20Cl2N4O2S. The van der Waals surface area contributed by atoms with E-state index in [1.54, 1.807) is 6.07 Å². The molecule has 0 radical (unpaired) electrons. The number of rotatable bonds is 4. The van der Waals surface area contributed by atoms with E-state index in [-0.39, 0.29) is 9.92 Å². The quantitative estimate of drug-likeness (QED) is 0.390. The normalized spacial score (nSPS) is 15.2. The van der Waals surface area contributed by atoms with Gasteiger partial charge in [0.15, 0.2) is 5.82 Å². The second-order valence-corrected chi connectivity index (χ2v) is 10.6. The van der Waals surface area contributed by atoms with Gasteiger partial charge in [0.1, 0.15) is 4.90 Å². The van der Waals surface area contributed by atoms with Crippen LogP contribution in [-0.2, 0) is 10.0 Å². The summed E-state index contributed by atoms with van der Waals surface area (Å²) in [6, 6.07) is 22.7. The van der Waals surface area contributed by atoms with Crippen molar-refractivity contribution in [3.8, 4) is 11.3 Å². The zero-order valence-electron chi connectivity index (χ0n) is 17.5. The van der Waals surface area contributed by atoms with E-state index in [2.05, 4.69) is 34.5 Å². The number of sulfonamides is 1. The summed E-state index contributed by atoms with van der Waals surface area (Å²) in [6.45, 7) is 1.64. The van der Waals surface area contributed by atoms with Crippen LogP contribution in [0.15, 0.2) is 77.7 Å². The fourth-order valence-corrected chi connectivity index (χ4v) is 6.13. The summed E-state index contributed by atoms with van der Waals surface area (Å²) in [7, 11) is -3.73. The van der Waals surface area contributed by atoms with Crippen LogP contribution in [0.4, 0.5) is 5.82 Å². The molecule has 1 fully saturated rings. The minimum atomic E-state index is -3.73. The largest absolute Gasteiger partial charge is 0.352 e. The van der Waals surface area contributed by atoms with Gasteiger partial charge in [-0.05, 0) is 47.2 Å². The summed E-state index contributed by atoms with van der Waals surface area (Å²) < 4.78 is 27.5. The first-order valence-electron chi connectivity index (χ1n) is 10.4. The van der Waals surface area contributed by atoms with Gasteiger partial charge in [-0.15, -0.1) is 10.2 Å². The average molecular weight is 499 g/mol. The first kappa shape index (κ1) is 22.1. The van der Waals surface area contributed by atoms with Gasteiger partial charge in [0, 0.05) is 36.8 Å². The lowest BCUT2D eigenvalue weighted by atomic mass is 10.1. The van der Waals surface area contributed by atoms with Crippen molar-refractivity contribution >= 4 is 49.8 Å². The van der Waals surface area contributed by atoms with E-state index in [9.17, 15) is 8.42 Å². The summed E-state index contributed by atoms with van der Waals surface area (Å²) in [4.78, 5) is 2.06. The Kier molecular flexibility index (Phi) is 5.97. The molecule has 0 bridgehead atoms. The topological polar surface area (TPSA) is 66.4 Å². The minimum absolute atomic E-state index is 0.0321. The molecule has 1 aromatic heterocycles. The molecule has 0 unspecified atom stereocenters. The van der Waals surface area contributed by atoms with Crippen LogP contribution >= 0.6 is 23.2 Å². The molecule has 0 atom stereocenters. The van der Waals surface area contributed by atoms with Crippen molar-refractivity contribution in [3.63, 3.8) is 0 Å². The SMILES string of the molecule is O=S(=O)(c1cc(Cl)ccc1Cl)N1CCN(c2ccc(-c3ccc4ccccc4c3)nn2)CC1. The van der Waals surface area contributed by atoms with Crippen molar-refractivity contribution in [1.29, 1.82) is 0 Å². The molecule has 5 rings (SSSR count). The first-order valence-corrected chi connectivity index (χ1v) is 12.6. The van der Waals surface area contributed by atoms with Gasteiger partial charge in [-0.3, -0.25) is 0 Å². The van der Waals surface area contributed by atoms with Crippen LogP contribution in [0.5, 0.6) is 0 Å². The average Bonchev–Trinajstić information content (AvgIpc) is 2.85. The van der Waals surface area contributed by atoms with Gasteiger partial charge < -0.3 is 4.90 Å². The van der Waals surface area contributed by atoms with Gasteiger partial charge in [0.05, 0.1) is 10.7 Å². The number of benzene rings is 3. The summed E-state index contributed by atoms with van der Waals surface area (Å²) in [5.41, 5.74) is 1.79. The van der Waals surface area contributed by atoms with Crippen molar-refractivity contribution in [2.45, 2.75) is 4.90 Å². The van der Waals surface area contributed by atoms with Crippen LogP contribution < -0.4 is 4.90 Å². The molecule has 0 amide bonds. The molecule has 1 aliphatic heterocycles. The van der Waals surface area contributed by atoms with Crippen molar-refractivity contribution in [2.75, 3.05) is 31.1 Å². The highest BCUT2D eigenvalue weighted by molar-refractivity contribution is 7.89. The maximum Gasteiger partial charge on any atom is 0.244 e. The minimum Gasteiger partial charge on any atom is -0.352 e. The van der Waals surface area contributed by atoms with E-state index >= 15 is 0 Å². The van der Waals surface area contributed by atoms with Crippen LogP contribution in [0.1, 0.15) is 0 Å². The molecule has 3 aromatic carbocycles. The van der Waals surface area contributed by atoms with Gasteiger partial charge in [-0.25, -0.2) is 8.42 Å². The molecule has 33 heavy (non-hydrogen) atoms. The predicted molar refractivity (Wildman–Crippen MR) is 132 cm³/mol. The summed E-state index contributed by atoms with van der Waals surface area (Å²) in [6.07, 6.45) is 0. The molecule has 4 aromatic rings. The van der Waals surface area contributed by atoms with Crippen molar-refractivity contribution < 1.29 is 8.42 Å². The Labute approximate surface area is 202 Å². The van der Waals surface area contributed by atoms with Crippen molar-refractivity contribution in [1.82, 2.24) is 14.5 Å². The van der Waals surface area contributed by atoms with Gasteiger partial charge in [0.2, 0.25) is 10.0 Å². The zero-order chi connectivity index (χ0) is 23.0. The Bertz CT molecular complexity index is 1420. The van der Waals surface area contributed by atoms with Crippen LogP contribution in [0.25, 0.3) is 22.0 Å². The van der Waals surface area contributed by atoms with Crippen molar-refractivity contribution in [3.05, 3.63) is 82.8 Å².